The average Bonchev–Trinajstić information content (AvgIpc) is 3.81. The Bertz CT molecular complexity index is 3000. The van der Waals surface area contributed by atoms with Gasteiger partial charge in [-0.15, -0.1) is 11.3 Å². The highest BCUT2D eigenvalue weighted by atomic mass is 32.1. The molecule has 0 saturated carbocycles. The second-order valence-corrected chi connectivity index (χ2v) is 16.1. The van der Waals surface area contributed by atoms with Gasteiger partial charge in [0.2, 0.25) is 0 Å². The molecule has 0 saturated heterocycles. The second-order valence-electron chi connectivity index (χ2n) is 15.0. The van der Waals surface area contributed by atoms with Gasteiger partial charge in [-0.05, 0) is 84.8 Å². The van der Waals surface area contributed by atoms with Crippen LogP contribution in [0, 0.1) is 11.8 Å². The summed E-state index contributed by atoms with van der Waals surface area (Å²) < 4.78 is 9.54. The van der Waals surface area contributed by atoms with Gasteiger partial charge in [-0.1, -0.05) is 158 Å². The number of para-hydroxylation sites is 1. The van der Waals surface area contributed by atoms with Crippen LogP contribution in [0.25, 0.3) is 75.6 Å². The van der Waals surface area contributed by atoms with Crippen molar-refractivity contribution in [2.75, 3.05) is 0 Å². The van der Waals surface area contributed by atoms with E-state index in [4.69, 9.17) is 4.74 Å². The van der Waals surface area contributed by atoms with Gasteiger partial charge in [-0.3, -0.25) is 0 Å². The number of fused-ring (bicyclic) bond motifs is 12. The molecule has 8 aromatic rings. The van der Waals surface area contributed by atoms with E-state index in [-0.39, 0.29) is 12.0 Å². The third kappa shape index (κ3) is 4.32. The SMILES string of the molecule is C1=CC2C=CC=C(c3c4ccccc4c(-c4cccc(-c5cc6sc7ccccc7c6c6c5C5Oc7ccccc7C5C=C6)c4)c4ccccc34)C2C=C1. The maximum atomic E-state index is 6.91. The highest BCUT2D eigenvalue weighted by Crippen LogP contribution is 2.55. The van der Waals surface area contributed by atoms with Crippen molar-refractivity contribution in [2.24, 2.45) is 11.8 Å². The van der Waals surface area contributed by atoms with Gasteiger partial charge < -0.3 is 4.74 Å². The minimum atomic E-state index is -0.0876. The molecule has 0 amide bonds. The molecule has 0 N–H and O–H groups in total. The smallest absolute Gasteiger partial charge is 0.135 e. The Labute approximate surface area is 318 Å². The van der Waals surface area contributed by atoms with Gasteiger partial charge in [0.25, 0.3) is 0 Å². The van der Waals surface area contributed by atoms with Crippen molar-refractivity contribution in [3.8, 4) is 28.0 Å². The number of allylic oxidation sites excluding steroid dienone is 8. The van der Waals surface area contributed by atoms with Crippen LogP contribution in [0.4, 0.5) is 0 Å². The first kappa shape index (κ1) is 30.3. The first-order chi connectivity index (χ1) is 26.8. The molecule has 4 unspecified atom stereocenters. The fourth-order valence-electron chi connectivity index (χ4n) is 9.89. The largest absolute Gasteiger partial charge is 0.484 e. The van der Waals surface area contributed by atoms with E-state index in [0.717, 1.165) is 5.75 Å². The Morgan fingerprint density at radius 1 is 0.519 bits per heavy atom. The van der Waals surface area contributed by atoms with Crippen LogP contribution in [0.5, 0.6) is 5.75 Å². The van der Waals surface area contributed by atoms with E-state index in [0.29, 0.717) is 11.8 Å². The summed E-state index contributed by atoms with van der Waals surface area (Å²) in [7, 11) is 0. The maximum absolute atomic E-state index is 6.91. The Kier molecular flexibility index (Phi) is 6.52. The van der Waals surface area contributed by atoms with E-state index in [9.17, 15) is 0 Å². The number of thiophene rings is 1. The van der Waals surface area contributed by atoms with Gasteiger partial charge in [0.15, 0.2) is 0 Å². The number of hydrogen-bond acceptors (Lipinski definition) is 2. The number of hydrogen-bond donors (Lipinski definition) is 0. The quantitative estimate of drug-likeness (QED) is 0.166. The fourth-order valence-corrected chi connectivity index (χ4v) is 11.1. The lowest BCUT2D eigenvalue weighted by atomic mass is 9.74. The number of benzene rings is 7. The van der Waals surface area contributed by atoms with Gasteiger partial charge in [-0.25, -0.2) is 0 Å². The molecule has 254 valence electrons. The molecule has 2 heteroatoms. The van der Waals surface area contributed by atoms with E-state index in [2.05, 4.69) is 182 Å². The van der Waals surface area contributed by atoms with Crippen molar-refractivity contribution in [1.29, 1.82) is 0 Å². The zero-order valence-corrected chi connectivity index (χ0v) is 30.3. The van der Waals surface area contributed by atoms with Crippen LogP contribution < -0.4 is 4.74 Å². The fraction of sp³-hybridized carbons (Fsp3) is 0.0769. The summed E-state index contributed by atoms with van der Waals surface area (Å²) in [5, 5.41) is 7.82. The van der Waals surface area contributed by atoms with Crippen molar-refractivity contribution >= 4 is 64.7 Å². The predicted molar refractivity (Wildman–Crippen MR) is 229 cm³/mol. The zero-order chi connectivity index (χ0) is 35.3. The van der Waals surface area contributed by atoms with Gasteiger partial charge in [0, 0.05) is 49.1 Å². The first-order valence-electron chi connectivity index (χ1n) is 19.0. The van der Waals surface area contributed by atoms with E-state index in [1.165, 1.54) is 91.8 Å². The molecule has 0 bridgehead atoms. The minimum Gasteiger partial charge on any atom is -0.484 e. The van der Waals surface area contributed by atoms with Crippen molar-refractivity contribution in [2.45, 2.75) is 12.0 Å². The maximum Gasteiger partial charge on any atom is 0.135 e. The molecule has 1 nitrogen and oxygen atoms in total. The molecular weight excluding hydrogens is 673 g/mol. The van der Waals surface area contributed by atoms with Gasteiger partial charge in [0.1, 0.15) is 11.9 Å². The molecule has 0 spiro atoms. The van der Waals surface area contributed by atoms with Crippen LogP contribution in [-0.2, 0) is 0 Å². The van der Waals surface area contributed by atoms with E-state index in [1.807, 2.05) is 11.3 Å². The molecule has 0 fully saturated rings. The van der Waals surface area contributed by atoms with Crippen molar-refractivity contribution in [3.05, 3.63) is 198 Å². The van der Waals surface area contributed by atoms with Crippen LogP contribution in [-0.4, -0.2) is 0 Å². The topological polar surface area (TPSA) is 9.23 Å². The molecule has 12 rings (SSSR count). The molecular formula is C52H34OS. The van der Waals surface area contributed by atoms with Gasteiger partial charge in [-0.2, -0.15) is 0 Å². The Morgan fingerprint density at radius 3 is 2.04 bits per heavy atom. The third-order valence-electron chi connectivity index (χ3n) is 12.2. The molecule has 7 aromatic carbocycles. The predicted octanol–water partition coefficient (Wildman–Crippen LogP) is 14.3. The molecule has 2 heterocycles. The summed E-state index contributed by atoms with van der Waals surface area (Å²) in [4.78, 5) is 0. The van der Waals surface area contributed by atoms with E-state index >= 15 is 0 Å². The molecule has 4 aliphatic rings. The van der Waals surface area contributed by atoms with Crippen LogP contribution in [0.15, 0.2) is 176 Å². The highest BCUT2D eigenvalue weighted by Gasteiger charge is 2.39. The van der Waals surface area contributed by atoms with Gasteiger partial charge >= 0.3 is 0 Å². The van der Waals surface area contributed by atoms with Crippen molar-refractivity contribution in [3.63, 3.8) is 0 Å². The summed E-state index contributed by atoms with van der Waals surface area (Å²) in [5.74, 6) is 1.86. The Hall–Kier alpha value is -6.22. The zero-order valence-electron chi connectivity index (χ0n) is 29.4. The van der Waals surface area contributed by atoms with Crippen molar-refractivity contribution in [1.82, 2.24) is 0 Å². The first-order valence-corrected chi connectivity index (χ1v) is 19.8. The summed E-state index contributed by atoms with van der Waals surface area (Å²) in [6.07, 6.45) is 20.7. The van der Waals surface area contributed by atoms with Crippen LogP contribution >= 0.6 is 11.3 Å². The minimum absolute atomic E-state index is 0.0876. The Balaban J connectivity index is 1.10. The summed E-state index contributed by atoms with van der Waals surface area (Å²) in [6.45, 7) is 0. The van der Waals surface area contributed by atoms with E-state index < -0.39 is 0 Å². The average molecular weight is 707 g/mol. The van der Waals surface area contributed by atoms with Gasteiger partial charge in [0.05, 0.1) is 0 Å². The third-order valence-corrected chi connectivity index (χ3v) is 13.3. The summed E-state index contributed by atoms with van der Waals surface area (Å²) >= 11 is 1.89. The monoisotopic (exact) mass is 706 g/mol. The van der Waals surface area contributed by atoms with Crippen LogP contribution in [0.2, 0.25) is 0 Å². The molecule has 4 atom stereocenters. The number of ether oxygens (including phenoxy) is 1. The molecule has 1 aromatic heterocycles. The molecule has 0 radical (unpaired) electrons. The normalized spacial score (nSPS) is 20.6. The lowest BCUT2D eigenvalue weighted by molar-refractivity contribution is 0.224. The lowest BCUT2D eigenvalue weighted by Crippen LogP contribution is -2.15. The molecule has 54 heavy (non-hydrogen) atoms. The standard InChI is InChI=1S/C52H34OS/c1-2-17-34-31(13-1)14-12-24-36(34)49-39-21-5-3-19-37(39)48(38-20-4-6-22-40(38)49)33-16-11-15-32(29-33)44-30-47-50(42-23-8-10-26-46(42)54-47)43-28-27-41-35-18-7-9-25-45(35)53-52(41)51(43)44/h1-31,34,41,52H. The molecule has 1 aliphatic heterocycles. The van der Waals surface area contributed by atoms with Crippen LogP contribution in [0.3, 0.4) is 0 Å². The molecule has 3 aliphatic carbocycles. The second kappa shape index (κ2) is 11.6. The van der Waals surface area contributed by atoms with Crippen molar-refractivity contribution < 1.29 is 4.74 Å². The number of rotatable bonds is 3. The summed E-state index contributed by atoms with van der Waals surface area (Å²) in [5.41, 5.74) is 11.6. The lowest BCUT2D eigenvalue weighted by Gasteiger charge is -2.29. The Morgan fingerprint density at radius 2 is 1.20 bits per heavy atom. The highest BCUT2D eigenvalue weighted by molar-refractivity contribution is 7.25. The van der Waals surface area contributed by atoms with E-state index in [1.54, 1.807) is 0 Å². The summed E-state index contributed by atoms with van der Waals surface area (Å²) in [6, 6.07) is 47.3. The van der Waals surface area contributed by atoms with Crippen LogP contribution in [0.1, 0.15) is 34.3 Å².